The number of halogens is 1. The second-order valence-electron chi connectivity index (χ2n) is 6.71. The minimum atomic E-state index is -0.0731. The zero-order valence-corrected chi connectivity index (χ0v) is 17.4. The summed E-state index contributed by atoms with van der Waals surface area (Å²) in [6.07, 6.45) is 5.46. The molecule has 1 heterocycles. The van der Waals surface area contributed by atoms with E-state index in [1.165, 1.54) is 6.92 Å². The fourth-order valence-electron chi connectivity index (χ4n) is 2.79. The lowest BCUT2D eigenvalue weighted by molar-refractivity contribution is -0.119. The summed E-state index contributed by atoms with van der Waals surface area (Å²) in [7, 11) is 0. The van der Waals surface area contributed by atoms with Crippen molar-refractivity contribution in [2.24, 2.45) is 0 Å². The quantitative estimate of drug-likeness (QED) is 0.566. The van der Waals surface area contributed by atoms with Crippen LogP contribution in [-0.2, 0) is 4.79 Å². The number of carbonyl (C=O) groups is 1. The SMILES string of the molecule is CC(=O)N[C@@H](C)/C=C/c1ccc(Oc2ccc(-c3ccc(C#N)cc3)cc2Cl)nc1. The molecule has 150 valence electrons. The van der Waals surface area contributed by atoms with Crippen molar-refractivity contribution in [3.05, 3.63) is 83.0 Å². The molecule has 0 aliphatic rings. The van der Waals surface area contributed by atoms with E-state index in [-0.39, 0.29) is 11.9 Å². The van der Waals surface area contributed by atoms with Gasteiger partial charge >= 0.3 is 0 Å². The van der Waals surface area contributed by atoms with Crippen LogP contribution in [0.1, 0.15) is 25.0 Å². The Morgan fingerprint density at radius 3 is 2.50 bits per heavy atom. The number of hydrogen-bond acceptors (Lipinski definition) is 4. The molecule has 30 heavy (non-hydrogen) atoms. The van der Waals surface area contributed by atoms with E-state index in [4.69, 9.17) is 21.6 Å². The highest BCUT2D eigenvalue weighted by Crippen LogP contribution is 2.33. The molecule has 2 aromatic carbocycles. The molecule has 0 saturated heterocycles. The van der Waals surface area contributed by atoms with Crippen LogP contribution in [0.2, 0.25) is 5.02 Å². The van der Waals surface area contributed by atoms with Crippen LogP contribution in [-0.4, -0.2) is 16.9 Å². The standard InChI is InChI=1S/C24H20ClN3O2/c1-16(28-17(2)29)3-4-19-7-12-24(27-15-19)30-23-11-10-21(13-22(23)25)20-8-5-18(14-26)6-9-20/h3-13,15-16H,1-2H3,(H,28,29)/b4-3+/t16-/m0/s1. The molecule has 0 unspecified atom stereocenters. The van der Waals surface area contributed by atoms with E-state index < -0.39 is 0 Å². The molecular formula is C24H20ClN3O2. The molecule has 0 saturated carbocycles. The second kappa shape index (κ2) is 9.73. The minimum absolute atomic E-state index is 0.0631. The summed E-state index contributed by atoms with van der Waals surface area (Å²) >= 11 is 6.39. The van der Waals surface area contributed by atoms with E-state index in [1.807, 2.05) is 49.4 Å². The number of nitrogens with zero attached hydrogens (tertiary/aromatic N) is 2. The molecule has 1 atom stereocenters. The molecule has 0 aliphatic carbocycles. The van der Waals surface area contributed by atoms with Gasteiger partial charge in [-0.3, -0.25) is 4.79 Å². The zero-order chi connectivity index (χ0) is 21.5. The van der Waals surface area contributed by atoms with Gasteiger partial charge in [-0.1, -0.05) is 42.0 Å². The maximum absolute atomic E-state index is 11.0. The lowest BCUT2D eigenvalue weighted by Gasteiger charge is -2.09. The number of hydrogen-bond donors (Lipinski definition) is 1. The number of nitriles is 1. The number of carbonyl (C=O) groups excluding carboxylic acids is 1. The van der Waals surface area contributed by atoms with Crippen LogP contribution in [0.15, 0.2) is 66.9 Å². The molecule has 6 heteroatoms. The molecule has 3 aromatic rings. The first-order valence-electron chi connectivity index (χ1n) is 9.34. The average Bonchev–Trinajstić information content (AvgIpc) is 2.74. The zero-order valence-electron chi connectivity index (χ0n) is 16.6. The monoisotopic (exact) mass is 417 g/mol. The fourth-order valence-corrected chi connectivity index (χ4v) is 3.01. The largest absolute Gasteiger partial charge is 0.437 e. The Hall–Kier alpha value is -3.62. The summed E-state index contributed by atoms with van der Waals surface area (Å²) in [4.78, 5) is 15.3. The van der Waals surface area contributed by atoms with Gasteiger partial charge in [0.05, 0.1) is 16.7 Å². The van der Waals surface area contributed by atoms with Gasteiger partial charge in [-0.25, -0.2) is 4.98 Å². The highest BCUT2D eigenvalue weighted by atomic mass is 35.5. The van der Waals surface area contributed by atoms with E-state index in [9.17, 15) is 4.79 Å². The molecule has 1 amide bonds. The number of nitrogens with one attached hydrogen (secondary N) is 1. The van der Waals surface area contributed by atoms with Crippen molar-refractivity contribution in [2.45, 2.75) is 19.9 Å². The van der Waals surface area contributed by atoms with Gasteiger partial charge in [0.1, 0.15) is 5.75 Å². The van der Waals surface area contributed by atoms with E-state index >= 15 is 0 Å². The third kappa shape index (κ3) is 5.69. The van der Waals surface area contributed by atoms with Gasteiger partial charge in [0.2, 0.25) is 11.8 Å². The maximum Gasteiger partial charge on any atom is 0.219 e. The number of aromatic nitrogens is 1. The van der Waals surface area contributed by atoms with Gasteiger partial charge in [0, 0.05) is 25.2 Å². The van der Waals surface area contributed by atoms with Crippen LogP contribution < -0.4 is 10.1 Å². The van der Waals surface area contributed by atoms with E-state index in [2.05, 4.69) is 16.4 Å². The number of benzene rings is 2. The first-order valence-corrected chi connectivity index (χ1v) is 9.71. The van der Waals surface area contributed by atoms with E-state index in [1.54, 1.807) is 30.5 Å². The van der Waals surface area contributed by atoms with Crippen LogP contribution in [0, 0.1) is 11.3 Å². The Morgan fingerprint density at radius 1 is 1.17 bits per heavy atom. The molecule has 0 radical (unpaired) electrons. The van der Waals surface area contributed by atoms with Crippen molar-refractivity contribution >= 4 is 23.6 Å². The second-order valence-corrected chi connectivity index (χ2v) is 7.12. The predicted octanol–water partition coefficient (Wildman–Crippen LogP) is 5.60. The Balaban J connectivity index is 1.68. The molecule has 0 fully saturated rings. The highest BCUT2D eigenvalue weighted by molar-refractivity contribution is 6.32. The Labute approximate surface area is 180 Å². The van der Waals surface area contributed by atoms with E-state index in [0.717, 1.165) is 16.7 Å². The van der Waals surface area contributed by atoms with Crippen molar-refractivity contribution in [1.29, 1.82) is 5.26 Å². The van der Waals surface area contributed by atoms with Crippen LogP contribution in [0.5, 0.6) is 11.6 Å². The van der Waals surface area contributed by atoms with Crippen molar-refractivity contribution in [1.82, 2.24) is 10.3 Å². The molecule has 1 aromatic heterocycles. The molecule has 0 bridgehead atoms. The summed E-state index contributed by atoms with van der Waals surface area (Å²) in [5.41, 5.74) is 3.39. The third-order valence-electron chi connectivity index (χ3n) is 4.26. The molecule has 0 aliphatic heterocycles. The lowest BCUT2D eigenvalue weighted by atomic mass is 10.0. The fraction of sp³-hybridized carbons (Fsp3) is 0.125. The average molecular weight is 418 g/mol. The maximum atomic E-state index is 11.0. The highest BCUT2D eigenvalue weighted by Gasteiger charge is 2.07. The van der Waals surface area contributed by atoms with Crippen molar-refractivity contribution in [3.63, 3.8) is 0 Å². The molecule has 5 nitrogen and oxygen atoms in total. The van der Waals surface area contributed by atoms with Crippen LogP contribution >= 0.6 is 11.6 Å². The Kier molecular flexibility index (Phi) is 6.84. The van der Waals surface area contributed by atoms with Gasteiger partial charge in [-0.2, -0.15) is 5.26 Å². The summed E-state index contributed by atoms with van der Waals surface area (Å²) in [5, 5.41) is 12.2. The minimum Gasteiger partial charge on any atom is -0.437 e. The predicted molar refractivity (Wildman–Crippen MR) is 118 cm³/mol. The summed E-state index contributed by atoms with van der Waals surface area (Å²) in [6, 6.07) is 18.5. The lowest BCUT2D eigenvalue weighted by Crippen LogP contribution is -2.28. The first-order chi connectivity index (χ1) is 14.4. The van der Waals surface area contributed by atoms with Gasteiger partial charge in [-0.15, -0.1) is 0 Å². The Bertz CT molecular complexity index is 1100. The number of amides is 1. The third-order valence-corrected chi connectivity index (χ3v) is 4.56. The number of pyridine rings is 1. The summed E-state index contributed by atoms with van der Waals surface area (Å²) in [5.74, 6) is 0.857. The van der Waals surface area contributed by atoms with Crippen LogP contribution in [0.25, 0.3) is 17.2 Å². The van der Waals surface area contributed by atoms with Gasteiger partial charge in [0.15, 0.2) is 0 Å². The Morgan fingerprint density at radius 2 is 1.90 bits per heavy atom. The van der Waals surface area contributed by atoms with E-state index in [0.29, 0.717) is 22.2 Å². The topological polar surface area (TPSA) is 75.0 Å². The molecular weight excluding hydrogens is 398 g/mol. The first kappa shape index (κ1) is 21.1. The van der Waals surface area contributed by atoms with Crippen molar-refractivity contribution in [2.75, 3.05) is 0 Å². The van der Waals surface area contributed by atoms with Crippen molar-refractivity contribution in [3.8, 4) is 28.8 Å². The van der Waals surface area contributed by atoms with Gasteiger partial charge in [0.25, 0.3) is 0 Å². The normalized spacial score (nSPS) is 11.7. The van der Waals surface area contributed by atoms with Crippen LogP contribution in [0.4, 0.5) is 0 Å². The number of rotatable bonds is 6. The van der Waals surface area contributed by atoms with Crippen LogP contribution in [0.3, 0.4) is 0 Å². The molecule has 1 N–H and O–H groups in total. The smallest absolute Gasteiger partial charge is 0.219 e. The van der Waals surface area contributed by atoms with Crippen molar-refractivity contribution < 1.29 is 9.53 Å². The number of ether oxygens (including phenoxy) is 1. The van der Waals surface area contributed by atoms with Gasteiger partial charge < -0.3 is 10.1 Å². The summed E-state index contributed by atoms with van der Waals surface area (Å²) < 4.78 is 5.80. The molecule has 0 spiro atoms. The summed E-state index contributed by atoms with van der Waals surface area (Å²) in [6.45, 7) is 3.38. The van der Waals surface area contributed by atoms with Gasteiger partial charge in [-0.05, 0) is 53.9 Å². The molecule has 3 rings (SSSR count).